The van der Waals surface area contributed by atoms with Gasteiger partial charge in [0, 0.05) is 12.6 Å². The second-order valence-corrected chi connectivity index (χ2v) is 5.29. The Balaban J connectivity index is 1.82. The summed E-state index contributed by atoms with van der Waals surface area (Å²) in [4.78, 5) is 15.9. The number of carbonyl (C=O) groups excluding carboxylic acids is 1. The van der Waals surface area contributed by atoms with E-state index < -0.39 is 0 Å². The van der Waals surface area contributed by atoms with Gasteiger partial charge >= 0.3 is 0 Å². The summed E-state index contributed by atoms with van der Waals surface area (Å²) in [6.45, 7) is 5.34. The first-order chi connectivity index (χ1) is 8.65. The number of rotatable bonds is 6. The van der Waals surface area contributed by atoms with Gasteiger partial charge in [-0.05, 0) is 37.3 Å². The van der Waals surface area contributed by atoms with E-state index in [9.17, 15) is 4.79 Å². The summed E-state index contributed by atoms with van der Waals surface area (Å²) >= 11 is 0. The van der Waals surface area contributed by atoms with Gasteiger partial charge in [-0.25, -0.2) is 4.98 Å². The second kappa shape index (κ2) is 5.85. The number of nitrogens with zero attached hydrogens (tertiary/aromatic N) is 1. The van der Waals surface area contributed by atoms with E-state index in [1.165, 1.54) is 0 Å². The number of hydrogen-bond acceptors (Lipinski definition) is 3. The molecule has 2 N–H and O–H groups in total. The zero-order valence-corrected chi connectivity index (χ0v) is 11.1. The Labute approximate surface area is 108 Å². The predicted octanol–water partition coefficient (Wildman–Crippen LogP) is 2.43. The molecule has 4 heteroatoms. The molecule has 0 aromatic carbocycles. The van der Waals surface area contributed by atoms with Crippen molar-refractivity contribution in [3.63, 3.8) is 0 Å². The topological polar surface area (TPSA) is 54.0 Å². The van der Waals surface area contributed by atoms with Crippen LogP contribution in [0.5, 0.6) is 0 Å². The van der Waals surface area contributed by atoms with Gasteiger partial charge in [0.2, 0.25) is 0 Å². The van der Waals surface area contributed by atoms with Crippen LogP contribution in [0.4, 0.5) is 5.69 Å². The Bertz CT molecular complexity index is 396. The van der Waals surface area contributed by atoms with Crippen LogP contribution in [0.15, 0.2) is 18.3 Å². The number of aromatic nitrogens is 1. The molecular formula is C14H21N3O. The maximum atomic E-state index is 11.7. The summed E-state index contributed by atoms with van der Waals surface area (Å²) in [5.41, 5.74) is 1.47. The molecule has 1 amide bonds. The third-order valence-corrected chi connectivity index (χ3v) is 2.96. The van der Waals surface area contributed by atoms with E-state index in [2.05, 4.69) is 29.5 Å². The number of pyridine rings is 1. The third-order valence-electron chi connectivity index (χ3n) is 2.96. The van der Waals surface area contributed by atoms with Crippen LogP contribution in [0.3, 0.4) is 0 Å². The quantitative estimate of drug-likeness (QED) is 0.811. The first kappa shape index (κ1) is 12.9. The first-order valence-electron chi connectivity index (χ1n) is 6.66. The fraction of sp³-hybridized carbons (Fsp3) is 0.571. The van der Waals surface area contributed by atoms with Crippen molar-refractivity contribution in [1.82, 2.24) is 10.3 Å². The molecule has 98 valence electrons. The first-order valence-corrected chi connectivity index (χ1v) is 6.66. The minimum Gasteiger partial charge on any atom is -0.384 e. The SMILES string of the molecule is CC(C)CCNc1ccc(C(=O)NC2CC2)nc1. The summed E-state index contributed by atoms with van der Waals surface area (Å²) in [6, 6.07) is 4.06. The second-order valence-electron chi connectivity index (χ2n) is 5.29. The van der Waals surface area contributed by atoms with Gasteiger partial charge in [-0.2, -0.15) is 0 Å². The van der Waals surface area contributed by atoms with E-state index in [4.69, 9.17) is 0 Å². The molecule has 0 radical (unpaired) electrons. The van der Waals surface area contributed by atoms with Crippen LogP contribution in [-0.2, 0) is 0 Å². The Kier molecular flexibility index (Phi) is 4.18. The average molecular weight is 247 g/mol. The fourth-order valence-corrected chi connectivity index (χ4v) is 1.62. The number of nitrogens with one attached hydrogen (secondary N) is 2. The molecule has 1 saturated carbocycles. The molecule has 0 unspecified atom stereocenters. The van der Waals surface area contributed by atoms with Crippen LogP contribution < -0.4 is 10.6 Å². The maximum Gasteiger partial charge on any atom is 0.270 e. The molecule has 0 bridgehead atoms. The van der Waals surface area contributed by atoms with Crippen molar-refractivity contribution < 1.29 is 4.79 Å². The normalized spacial score (nSPS) is 14.6. The minimum atomic E-state index is -0.0637. The van der Waals surface area contributed by atoms with Gasteiger partial charge in [-0.15, -0.1) is 0 Å². The van der Waals surface area contributed by atoms with Gasteiger partial charge in [0.25, 0.3) is 5.91 Å². The average Bonchev–Trinajstić information content (AvgIpc) is 3.13. The lowest BCUT2D eigenvalue weighted by molar-refractivity contribution is 0.0946. The van der Waals surface area contributed by atoms with E-state index in [-0.39, 0.29) is 5.91 Å². The van der Waals surface area contributed by atoms with Crippen LogP contribution in [0, 0.1) is 5.92 Å². The van der Waals surface area contributed by atoms with Crippen molar-refractivity contribution in [3.8, 4) is 0 Å². The van der Waals surface area contributed by atoms with Crippen molar-refractivity contribution in [2.45, 2.75) is 39.2 Å². The third kappa shape index (κ3) is 4.02. The lowest BCUT2D eigenvalue weighted by atomic mass is 10.1. The number of carbonyl (C=O) groups is 1. The number of anilines is 1. The molecule has 1 aromatic heterocycles. The molecule has 2 rings (SSSR count). The summed E-state index contributed by atoms with van der Waals surface area (Å²) in [6.07, 6.45) is 5.05. The van der Waals surface area contributed by atoms with Crippen LogP contribution in [-0.4, -0.2) is 23.5 Å². The van der Waals surface area contributed by atoms with Crippen LogP contribution in [0.25, 0.3) is 0 Å². The Hall–Kier alpha value is -1.58. The lowest BCUT2D eigenvalue weighted by Crippen LogP contribution is -2.26. The van der Waals surface area contributed by atoms with E-state index in [0.717, 1.165) is 31.5 Å². The minimum absolute atomic E-state index is 0.0637. The van der Waals surface area contributed by atoms with E-state index in [1.54, 1.807) is 12.3 Å². The molecule has 1 aliphatic rings. The highest BCUT2D eigenvalue weighted by Crippen LogP contribution is 2.19. The molecule has 1 aromatic rings. The fourth-order valence-electron chi connectivity index (χ4n) is 1.62. The van der Waals surface area contributed by atoms with Crippen LogP contribution in [0.2, 0.25) is 0 Å². The smallest absolute Gasteiger partial charge is 0.270 e. The van der Waals surface area contributed by atoms with Crippen molar-refractivity contribution in [2.24, 2.45) is 5.92 Å². The van der Waals surface area contributed by atoms with Gasteiger partial charge in [0.15, 0.2) is 0 Å². The van der Waals surface area contributed by atoms with E-state index in [0.29, 0.717) is 17.7 Å². The largest absolute Gasteiger partial charge is 0.384 e. The van der Waals surface area contributed by atoms with Gasteiger partial charge in [0.1, 0.15) is 5.69 Å². The molecular weight excluding hydrogens is 226 g/mol. The van der Waals surface area contributed by atoms with Crippen molar-refractivity contribution in [1.29, 1.82) is 0 Å². The summed E-state index contributed by atoms with van der Waals surface area (Å²) < 4.78 is 0. The predicted molar refractivity (Wildman–Crippen MR) is 72.7 cm³/mol. The Morgan fingerprint density at radius 2 is 2.22 bits per heavy atom. The highest BCUT2D eigenvalue weighted by molar-refractivity contribution is 5.92. The van der Waals surface area contributed by atoms with Gasteiger partial charge in [0.05, 0.1) is 11.9 Å². The summed E-state index contributed by atoms with van der Waals surface area (Å²) in [7, 11) is 0. The summed E-state index contributed by atoms with van der Waals surface area (Å²) in [5.74, 6) is 0.625. The summed E-state index contributed by atoms with van der Waals surface area (Å²) in [5, 5.41) is 6.23. The number of hydrogen-bond donors (Lipinski definition) is 2. The highest BCUT2D eigenvalue weighted by Gasteiger charge is 2.24. The zero-order valence-electron chi connectivity index (χ0n) is 11.1. The molecule has 1 heterocycles. The molecule has 1 fully saturated rings. The van der Waals surface area contributed by atoms with Crippen molar-refractivity contribution in [3.05, 3.63) is 24.0 Å². The monoisotopic (exact) mass is 247 g/mol. The van der Waals surface area contributed by atoms with Crippen molar-refractivity contribution >= 4 is 11.6 Å². The number of amides is 1. The molecule has 0 spiro atoms. The molecule has 0 aliphatic heterocycles. The lowest BCUT2D eigenvalue weighted by Gasteiger charge is -2.08. The Morgan fingerprint density at radius 1 is 1.44 bits per heavy atom. The van der Waals surface area contributed by atoms with Gasteiger partial charge in [-0.3, -0.25) is 4.79 Å². The zero-order chi connectivity index (χ0) is 13.0. The molecule has 0 atom stereocenters. The van der Waals surface area contributed by atoms with Gasteiger partial charge in [-0.1, -0.05) is 13.8 Å². The maximum absolute atomic E-state index is 11.7. The highest BCUT2D eigenvalue weighted by atomic mass is 16.2. The molecule has 1 aliphatic carbocycles. The van der Waals surface area contributed by atoms with Crippen LogP contribution >= 0.6 is 0 Å². The van der Waals surface area contributed by atoms with Crippen LogP contribution in [0.1, 0.15) is 43.6 Å². The van der Waals surface area contributed by atoms with E-state index in [1.807, 2.05) is 6.07 Å². The van der Waals surface area contributed by atoms with E-state index >= 15 is 0 Å². The molecule has 18 heavy (non-hydrogen) atoms. The van der Waals surface area contributed by atoms with Gasteiger partial charge < -0.3 is 10.6 Å². The van der Waals surface area contributed by atoms with Crippen molar-refractivity contribution in [2.75, 3.05) is 11.9 Å². The molecule has 4 nitrogen and oxygen atoms in total. The molecule has 0 saturated heterocycles. The Morgan fingerprint density at radius 3 is 2.78 bits per heavy atom. The standard InChI is InChI=1S/C14H21N3O/c1-10(2)7-8-15-12-5-6-13(16-9-12)14(18)17-11-3-4-11/h5-6,9-11,15H,3-4,7-8H2,1-2H3,(H,17,18).